The Morgan fingerprint density at radius 3 is 1.95 bits per heavy atom. The van der Waals surface area contributed by atoms with Crippen molar-refractivity contribution in [3.63, 3.8) is 0 Å². The van der Waals surface area contributed by atoms with E-state index in [1.54, 1.807) is 12.1 Å². The number of hydrogen-bond donors (Lipinski definition) is 1. The van der Waals surface area contributed by atoms with Crippen LogP contribution in [-0.4, -0.2) is 43.2 Å². The highest BCUT2D eigenvalue weighted by molar-refractivity contribution is 5.48. The summed E-state index contributed by atoms with van der Waals surface area (Å²) < 4.78 is 37.7. The van der Waals surface area contributed by atoms with E-state index in [0.29, 0.717) is 6.54 Å². The molecule has 1 fully saturated rings. The van der Waals surface area contributed by atoms with Gasteiger partial charge in [-0.15, -0.1) is 0 Å². The Balaban J connectivity index is 2.00. The van der Waals surface area contributed by atoms with Crippen LogP contribution < -0.4 is 10.6 Å². The van der Waals surface area contributed by atoms with Crippen LogP contribution in [0.2, 0.25) is 0 Å². The summed E-state index contributed by atoms with van der Waals surface area (Å²) in [6.45, 7) is 8.15. The quantitative estimate of drug-likeness (QED) is 0.931. The number of nitrogens with zero attached hydrogens (tertiary/aromatic N) is 2. The Kier molecular flexibility index (Phi) is 4.49. The second-order valence-electron chi connectivity index (χ2n) is 6.04. The summed E-state index contributed by atoms with van der Waals surface area (Å²) in [4.78, 5) is 4.44. The molecule has 0 spiro atoms. The predicted molar refractivity (Wildman–Crippen MR) is 78.4 cm³/mol. The van der Waals surface area contributed by atoms with Gasteiger partial charge >= 0.3 is 6.18 Å². The van der Waals surface area contributed by atoms with E-state index >= 15 is 0 Å². The van der Waals surface area contributed by atoms with Crippen molar-refractivity contribution in [2.24, 2.45) is 5.73 Å². The van der Waals surface area contributed by atoms with Crippen LogP contribution in [0.25, 0.3) is 0 Å². The van der Waals surface area contributed by atoms with E-state index in [2.05, 4.69) is 23.6 Å². The van der Waals surface area contributed by atoms with E-state index in [-0.39, 0.29) is 5.54 Å². The molecule has 118 valence electrons. The number of hydrogen-bond acceptors (Lipinski definition) is 3. The van der Waals surface area contributed by atoms with Gasteiger partial charge in [0.25, 0.3) is 0 Å². The molecule has 0 aromatic heterocycles. The van der Waals surface area contributed by atoms with Crippen molar-refractivity contribution in [2.75, 3.05) is 37.6 Å². The molecule has 21 heavy (non-hydrogen) atoms. The Morgan fingerprint density at radius 2 is 1.52 bits per heavy atom. The first-order valence-electron chi connectivity index (χ1n) is 7.11. The van der Waals surface area contributed by atoms with Gasteiger partial charge in [0.05, 0.1) is 5.56 Å². The van der Waals surface area contributed by atoms with Crippen molar-refractivity contribution >= 4 is 5.69 Å². The van der Waals surface area contributed by atoms with Crippen LogP contribution in [0, 0.1) is 0 Å². The second kappa shape index (κ2) is 5.85. The average Bonchev–Trinajstić information content (AvgIpc) is 2.47. The van der Waals surface area contributed by atoms with Gasteiger partial charge in [-0.05, 0) is 38.1 Å². The summed E-state index contributed by atoms with van der Waals surface area (Å²) in [5.41, 5.74) is 5.98. The van der Waals surface area contributed by atoms with Crippen LogP contribution in [0.3, 0.4) is 0 Å². The fourth-order valence-electron chi connectivity index (χ4n) is 2.56. The summed E-state index contributed by atoms with van der Waals surface area (Å²) in [7, 11) is 0. The molecule has 0 saturated carbocycles. The topological polar surface area (TPSA) is 32.5 Å². The van der Waals surface area contributed by atoms with Crippen LogP contribution in [0.5, 0.6) is 0 Å². The number of benzene rings is 1. The van der Waals surface area contributed by atoms with Crippen LogP contribution >= 0.6 is 0 Å². The SMILES string of the molecule is CC(C)(CN)N1CCN(c2ccc(C(F)(F)F)cc2)CC1. The first kappa shape index (κ1) is 16.1. The fourth-order valence-corrected chi connectivity index (χ4v) is 2.56. The molecule has 2 rings (SSSR count). The van der Waals surface area contributed by atoms with Crippen molar-refractivity contribution in [1.29, 1.82) is 0 Å². The van der Waals surface area contributed by atoms with E-state index in [4.69, 9.17) is 5.73 Å². The van der Waals surface area contributed by atoms with Crippen LogP contribution in [-0.2, 0) is 6.18 Å². The van der Waals surface area contributed by atoms with Crippen LogP contribution in [0.15, 0.2) is 24.3 Å². The van der Waals surface area contributed by atoms with Gasteiger partial charge in [0.2, 0.25) is 0 Å². The maximum absolute atomic E-state index is 12.6. The molecule has 0 bridgehead atoms. The number of nitrogens with two attached hydrogens (primary N) is 1. The standard InChI is InChI=1S/C15H22F3N3/c1-14(2,11-19)21-9-7-20(8-10-21)13-5-3-12(4-6-13)15(16,17)18/h3-6H,7-11,19H2,1-2H3. The van der Waals surface area contributed by atoms with E-state index < -0.39 is 11.7 Å². The van der Waals surface area contributed by atoms with Gasteiger partial charge in [0, 0.05) is 44.0 Å². The fraction of sp³-hybridized carbons (Fsp3) is 0.600. The molecule has 6 heteroatoms. The van der Waals surface area contributed by atoms with E-state index in [9.17, 15) is 13.2 Å². The Hall–Kier alpha value is -1.27. The maximum Gasteiger partial charge on any atom is 0.416 e. The summed E-state index contributed by atoms with van der Waals surface area (Å²) in [6.07, 6.45) is -4.28. The zero-order valence-electron chi connectivity index (χ0n) is 12.5. The van der Waals surface area contributed by atoms with Gasteiger partial charge in [0.1, 0.15) is 0 Å². The zero-order chi connectivity index (χ0) is 15.7. The summed E-state index contributed by atoms with van der Waals surface area (Å²) in [6, 6.07) is 5.39. The molecule has 1 aliphatic rings. The third kappa shape index (κ3) is 3.68. The maximum atomic E-state index is 12.6. The van der Waals surface area contributed by atoms with Crippen molar-refractivity contribution in [1.82, 2.24) is 4.90 Å². The molecule has 1 aliphatic heterocycles. The van der Waals surface area contributed by atoms with E-state index in [1.807, 2.05) is 0 Å². The summed E-state index contributed by atoms with van der Waals surface area (Å²) in [5, 5.41) is 0. The summed E-state index contributed by atoms with van der Waals surface area (Å²) in [5.74, 6) is 0. The minimum Gasteiger partial charge on any atom is -0.369 e. The van der Waals surface area contributed by atoms with Gasteiger partial charge in [-0.2, -0.15) is 13.2 Å². The zero-order valence-corrected chi connectivity index (χ0v) is 12.5. The van der Waals surface area contributed by atoms with Gasteiger partial charge in [0.15, 0.2) is 0 Å². The highest BCUT2D eigenvalue weighted by Gasteiger charge is 2.31. The third-order valence-corrected chi connectivity index (χ3v) is 4.20. The molecule has 1 heterocycles. The van der Waals surface area contributed by atoms with Crippen molar-refractivity contribution in [3.8, 4) is 0 Å². The van der Waals surface area contributed by atoms with Crippen molar-refractivity contribution < 1.29 is 13.2 Å². The van der Waals surface area contributed by atoms with E-state index in [0.717, 1.165) is 44.0 Å². The first-order chi connectivity index (χ1) is 9.74. The van der Waals surface area contributed by atoms with Gasteiger partial charge < -0.3 is 10.6 Å². The first-order valence-corrected chi connectivity index (χ1v) is 7.11. The van der Waals surface area contributed by atoms with Crippen LogP contribution in [0.1, 0.15) is 19.4 Å². The number of halogens is 3. The molecular weight excluding hydrogens is 279 g/mol. The molecule has 2 N–H and O–H groups in total. The number of rotatable bonds is 3. The van der Waals surface area contributed by atoms with Gasteiger partial charge in [-0.25, -0.2) is 0 Å². The van der Waals surface area contributed by atoms with Gasteiger partial charge in [-0.3, -0.25) is 4.90 Å². The lowest BCUT2D eigenvalue weighted by atomic mass is 10.0. The largest absolute Gasteiger partial charge is 0.416 e. The minimum absolute atomic E-state index is 0.0355. The third-order valence-electron chi connectivity index (χ3n) is 4.20. The molecule has 1 saturated heterocycles. The Bertz CT molecular complexity index is 460. The van der Waals surface area contributed by atoms with Crippen molar-refractivity contribution in [2.45, 2.75) is 25.6 Å². The highest BCUT2D eigenvalue weighted by Crippen LogP contribution is 2.30. The van der Waals surface area contributed by atoms with Crippen LogP contribution in [0.4, 0.5) is 18.9 Å². The lowest BCUT2D eigenvalue weighted by molar-refractivity contribution is -0.137. The number of anilines is 1. The molecule has 0 unspecified atom stereocenters. The Labute approximate surface area is 123 Å². The Morgan fingerprint density at radius 1 is 1.00 bits per heavy atom. The lowest BCUT2D eigenvalue weighted by Gasteiger charge is -2.44. The normalized spacial score (nSPS) is 18.1. The molecule has 0 atom stereocenters. The molecule has 0 aliphatic carbocycles. The van der Waals surface area contributed by atoms with Gasteiger partial charge in [-0.1, -0.05) is 0 Å². The summed E-state index contributed by atoms with van der Waals surface area (Å²) >= 11 is 0. The molecule has 1 aromatic carbocycles. The number of alkyl halides is 3. The average molecular weight is 301 g/mol. The smallest absolute Gasteiger partial charge is 0.369 e. The number of piperazine rings is 1. The highest BCUT2D eigenvalue weighted by atomic mass is 19.4. The molecule has 1 aromatic rings. The lowest BCUT2D eigenvalue weighted by Crippen LogP contribution is -2.57. The molecular formula is C15H22F3N3. The van der Waals surface area contributed by atoms with Crippen molar-refractivity contribution in [3.05, 3.63) is 29.8 Å². The monoisotopic (exact) mass is 301 g/mol. The van der Waals surface area contributed by atoms with E-state index in [1.165, 1.54) is 0 Å². The molecule has 0 radical (unpaired) electrons. The minimum atomic E-state index is -4.28. The second-order valence-corrected chi connectivity index (χ2v) is 6.04. The molecule has 0 amide bonds. The predicted octanol–water partition coefficient (Wildman–Crippen LogP) is 2.56. The molecule has 3 nitrogen and oxygen atoms in total.